The summed E-state index contributed by atoms with van der Waals surface area (Å²) < 4.78 is 0. The maximum absolute atomic E-state index is 9.83. The molecule has 3 aromatic rings. The maximum Gasteiger partial charge on any atom is 0.0673 e. The van der Waals surface area contributed by atoms with Crippen molar-refractivity contribution in [1.29, 1.82) is 0 Å². The van der Waals surface area contributed by atoms with E-state index < -0.39 is 5.54 Å². The number of rotatable bonds is 6. The van der Waals surface area contributed by atoms with E-state index in [1.165, 1.54) is 38.6 Å². The van der Waals surface area contributed by atoms with E-state index in [0.717, 1.165) is 0 Å². The largest absolute Gasteiger partial charge is 0.394 e. The van der Waals surface area contributed by atoms with E-state index in [1.54, 1.807) is 0 Å². The molecule has 0 saturated heterocycles. The molecule has 4 rings (SSSR count). The Bertz CT molecular complexity index is 928. The Balaban J connectivity index is 1.77. The number of hydrogen-bond donors (Lipinski definition) is 3. The van der Waals surface area contributed by atoms with Gasteiger partial charge in [-0.1, -0.05) is 68.4 Å². The Labute approximate surface area is 154 Å². The second kappa shape index (κ2) is 6.51. The third-order valence-electron chi connectivity index (χ3n) is 5.94. The third kappa shape index (κ3) is 2.47. The van der Waals surface area contributed by atoms with Gasteiger partial charge < -0.3 is 15.5 Å². The topological polar surface area (TPSA) is 52.5 Å². The number of hydrogen-bond acceptors (Lipinski definition) is 3. The molecule has 0 aliphatic heterocycles. The van der Waals surface area contributed by atoms with Gasteiger partial charge in [0.2, 0.25) is 0 Å². The van der Waals surface area contributed by atoms with Gasteiger partial charge in [0.25, 0.3) is 0 Å². The van der Waals surface area contributed by atoms with Gasteiger partial charge >= 0.3 is 0 Å². The molecule has 0 bridgehead atoms. The van der Waals surface area contributed by atoms with Gasteiger partial charge in [0.05, 0.1) is 18.8 Å². The molecule has 26 heavy (non-hydrogen) atoms. The average molecular weight is 347 g/mol. The number of nitrogens with one attached hydrogen (secondary N) is 1. The summed E-state index contributed by atoms with van der Waals surface area (Å²) in [6, 6.07) is 19.4. The van der Waals surface area contributed by atoms with Crippen LogP contribution in [0, 0.1) is 5.92 Å². The van der Waals surface area contributed by atoms with E-state index >= 15 is 0 Å². The summed E-state index contributed by atoms with van der Waals surface area (Å²) in [7, 11) is 0. The Kier molecular flexibility index (Phi) is 4.31. The fourth-order valence-electron chi connectivity index (χ4n) is 4.03. The number of aliphatic hydroxyl groups is 2. The first-order chi connectivity index (χ1) is 12.6. The van der Waals surface area contributed by atoms with E-state index in [9.17, 15) is 10.2 Å². The van der Waals surface area contributed by atoms with Crippen molar-refractivity contribution >= 4 is 10.8 Å². The third-order valence-corrected chi connectivity index (χ3v) is 5.94. The quantitative estimate of drug-likeness (QED) is 0.495. The van der Waals surface area contributed by atoms with Gasteiger partial charge in [0.1, 0.15) is 0 Å². The lowest BCUT2D eigenvalue weighted by Gasteiger charge is -2.35. The molecule has 3 aromatic carbocycles. The molecule has 3 nitrogen and oxygen atoms in total. The Morgan fingerprint density at radius 2 is 1.42 bits per heavy atom. The summed E-state index contributed by atoms with van der Waals surface area (Å²) >= 11 is 0. The number of fused-ring (bicyclic) bond motifs is 3. The smallest absolute Gasteiger partial charge is 0.0673 e. The van der Waals surface area contributed by atoms with Crippen LogP contribution in [-0.4, -0.2) is 29.0 Å². The molecule has 0 spiro atoms. The molecule has 0 radical (unpaired) electrons. The molecule has 0 saturated carbocycles. The second-order valence-corrected chi connectivity index (χ2v) is 7.53. The maximum atomic E-state index is 9.83. The van der Waals surface area contributed by atoms with Crippen LogP contribution in [0.5, 0.6) is 0 Å². The zero-order valence-corrected chi connectivity index (χ0v) is 15.3. The van der Waals surface area contributed by atoms with Crippen molar-refractivity contribution in [3.05, 3.63) is 60.2 Å². The van der Waals surface area contributed by atoms with Crippen molar-refractivity contribution in [2.24, 2.45) is 5.92 Å². The molecule has 0 unspecified atom stereocenters. The SMILES string of the molecule is CC(C)C(CO)(CO)NCc1ccc2c3c(cccc13)-c1ccccc1-2. The Hall–Kier alpha value is -2.20. The van der Waals surface area contributed by atoms with E-state index in [1.807, 2.05) is 13.8 Å². The predicted molar refractivity (Wildman–Crippen MR) is 107 cm³/mol. The molecule has 3 heteroatoms. The highest BCUT2D eigenvalue weighted by Gasteiger charge is 2.32. The fourth-order valence-corrected chi connectivity index (χ4v) is 4.03. The van der Waals surface area contributed by atoms with Crippen molar-refractivity contribution in [3.63, 3.8) is 0 Å². The molecule has 0 aromatic heterocycles. The molecule has 134 valence electrons. The van der Waals surface area contributed by atoms with E-state index in [2.05, 4.69) is 59.9 Å². The van der Waals surface area contributed by atoms with Crippen LogP contribution in [0.25, 0.3) is 33.0 Å². The van der Waals surface area contributed by atoms with Gasteiger partial charge in [-0.15, -0.1) is 0 Å². The van der Waals surface area contributed by atoms with Crippen LogP contribution in [0.1, 0.15) is 19.4 Å². The molecule has 0 amide bonds. The first-order valence-corrected chi connectivity index (χ1v) is 9.22. The summed E-state index contributed by atoms with van der Waals surface area (Å²) in [5, 5.41) is 25.6. The Morgan fingerprint density at radius 3 is 2.04 bits per heavy atom. The predicted octanol–water partition coefficient (Wildman–Crippen LogP) is 3.96. The van der Waals surface area contributed by atoms with Crippen molar-refractivity contribution in [3.8, 4) is 22.3 Å². The normalized spacial score (nSPS) is 12.8. The van der Waals surface area contributed by atoms with Crippen LogP contribution in [0.2, 0.25) is 0 Å². The lowest BCUT2D eigenvalue weighted by Crippen LogP contribution is -2.55. The van der Waals surface area contributed by atoms with Gasteiger partial charge in [-0.05, 0) is 44.5 Å². The zero-order chi connectivity index (χ0) is 18.3. The highest BCUT2D eigenvalue weighted by molar-refractivity contribution is 6.15. The summed E-state index contributed by atoms with van der Waals surface area (Å²) in [6.07, 6.45) is 0. The summed E-state index contributed by atoms with van der Waals surface area (Å²) in [5.74, 6) is 0.124. The van der Waals surface area contributed by atoms with Gasteiger partial charge in [-0.2, -0.15) is 0 Å². The van der Waals surface area contributed by atoms with Gasteiger partial charge in [-0.3, -0.25) is 0 Å². The lowest BCUT2D eigenvalue weighted by molar-refractivity contribution is 0.0552. The summed E-state index contributed by atoms with van der Waals surface area (Å²) in [5.41, 5.74) is 5.67. The molecule has 1 aliphatic rings. The van der Waals surface area contributed by atoms with E-state index in [0.29, 0.717) is 6.54 Å². The summed E-state index contributed by atoms with van der Waals surface area (Å²) in [6.45, 7) is 4.46. The lowest BCUT2D eigenvalue weighted by atomic mass is 9.87. The average Bonchev–Trinajstić information content (AvgIpc) is 3.00. The molecular formula is C23H25NO2. The van der Waals surface area contributed by atoms with Crippen molar-refractivity contribution in [1.82, 2.24) is 5.32 Å². The molecule has 0 heterocycles. The Morgan fingerprint density at radius 1 is 0.808 bits per heavy atom. The minimum atomic E-state index is -0.675. The fraction of sp³-hybridized carbons (Fsp3) is 0.304. The highest BCUT2D eigenvalue weighted by Crippen LogP contribution is 2.47. The van der Waals surface area contributed by atoms with Crippen LogP contribution in [-0.2, 0) is 6.54 Å². The molecular weight excluding hydrogens is 322 g/mol. The van der Waals surface area contributed by atoms with Crippen molar-refractivity contribution < 1.29 is 10.2 Å². The minimum Gasteiger partial charge on any atom is -0.394 e. The summed E-state index contributed by atoms with van der Waals surface area (Å²) in [4.78, 5) is 0. The van der Waals surface area contributed by atoms with Crippen molar-refractivity contribution in [2.45, 2.75) is 25.9 Å². The van der Waals surface area contributed by atoms with Crippen LogP contribution in [0.15, 0.2) is 54.6 Å². The number of benzene rings is 3. The second-order valence-electron chi connectivity index (χ2n) is 7.53. The van der Waals surface area contributed by atoms with Crippen LogP contribution < -0.4 is 5.32 Å². The highest BCUT2D eigenvalue weighted by atomic mass is 16.3. The van der Waals surface area contributed by atoms with Gasteiger partial charge in [0, 0.05) is 6.54 Å². The first-order valence-electron chi connectivity index (χ1n) is 9.22. The number of aliphatic hydroxyl groups excluding tert-OH is 2. The first kappa shape index (κ1) is 17.2. The standard InChI is InChI=1S/C23H25NO2/c1-15(2)23(13-25,14-26)24-12-16-10-11-21-19-7-4-3-6-18(19)20-9-5-8-17(16)22(20)21/h3-11,15,24-26H,12-14H2,1-2H3. The van der Waals surface area contributed by atoms with E-state index in [4.69, 9.17) is 0 Å². The van der Waals surface area contributed by atoms with E-state index in [-0.39, 0.29) is 19.1 Å². The van der Waals surface area contributed by atoms with Crippen LogP contribution >= 0.6 is 0 Å². The minimum absolute atomic E-state index is 0.0894. The molecule has 1 aliphatic carbocycles. The van der Waals surface area contributed by atoms with Gasteiger partial charge in [-0.25, -0.2) is 0 Å². The molecule has 0 atom stereocenters. The molecule has 0 fully saturated rings. The molecule has 3 N–H and O–H groups in total. The van der Waals surface area contributed by atoms with Crippen LogP contribution in [0.4, 0.5) is 0 Å². The zero-order valence-electron chi connectivity index (χ0n) is 15.3. The van der Waals surface area contributed by atoms with Gasteiger partial charge in [0.15, 0.2) is 0 Å². The monoisotopic (exact) mass is 347 g/mol. The van der Waals surface area contributed by atoms with Crippen molar-refractivity contribution in [2.75, 3.05) is 13.2 Å². The van der Waals surface area contributed by atoms with Crippen LogP contribution in [0.3, 0.4) is 0 Å².